The molecular formula is C17H24N4O2Si. The molecule has 2 N–H and O–H groups in total. The Morgan fingerprint density at radius 2 is 2.08 bits per heavy atom. The lowest BCUT2D eigenvalue weighted by molar-refractivity contribution is 0.0798. The van der Waals surface area contributed by atoms with Crippen LogP contribution in [0.25, 0.3) is 11.3 Å². The summed E-state index contributed by atoms with van der Waals surface area (Å²) in [5.41, 5.74) is 8.68. The number of nitrogens with zero attached hydrogens (tertiary/aromatic N) is 3. The van der Waals surface area contributed by atoms with Gasteiger partial charge in [-0.1, -0.05) is 25.6 Å². The van der Waals surface area contributed by atoms with Gasteiger partial charge in [0.15, 0.2) is 0 Å². The fourth-order valence-electron chi connectivity index (χ4n) is 2.19. The summed E-state index contributed by atoms with van der Waals surface area (Å²) in [7, 11) is 0.432. The predicted molar refractivity (Wildman–Crippen MR) is 98.5 cm³/mol. The SMILES string of the molecule is C#Cc1cnc(OC)c(-c2c(N)cnn2COCC[Si](C)(C)C)c1. The number of nitrogens with two attached hydrogens (primary N) is 1. The molecule has 0 amide bonds. The molecule has 0 aliphatic heterocycles. The normalized spacial score (nSPS) is 11.3. The van der Waals surface area contributed by atoms with Crippen molar-refractivity contribution >= 4 is 13.8 Å². The van der Waals surface area contributed by atoms with Crippen LogP contribution in [-0.4, -0.2) is 36.6 Å². The summed E-state index contributed by atoms with van der Waals surface area (Å²) in [5.74, 6) is 3.02. The lowest BCUT2D eigenvalue weighted by atomic mass is 10.1. The molecule has 2 aromatic heterocycles. The Hall–Kier alpha value is -2.30. The highest BCUT2D eigenvalue weighted by molar-refractivity contribution is 6.76. The molecule has 0 unspecified atom stereocenters. The van der Waals surface area contributed by atoms with Crippen LogP contribution in [0.15, 0.2) is 18.5 Å². The second-order valence-corrected chi connectivity index (χ2v) is 12.3. The maximum Gasteiger partial charge on any atom is 0.222 e. The molecule has 0 atom stereocenters. The van der Waals surface area contributed by atoms with Crippen LogP contribution >= 0.6 is 0 Å². The third kappa shape index (κ3) is 4.37. The van der Waals surface area contributed by atoms with E-state index in [2.05, 4.69) is 35.6 Å². The van der Waals surface area contributed by atoms with Crippen LogP contribution in [-0.2, 0) is 11.5 Å². The number of nitrogen functional groups attached to an aromatic ring is 1. The molecule has 6 nitrogen and oxygen atoms in total. The van der Waals surface area contributed by atoms with E-state index in [1.54, 1.807) is 24.2 Å². The Morgan fingerprint density at radius 1 is 1.33 bits per heavy atom. The summed E-state index contributed by atoms with van der Waals surface area (Å²) in [6.07, 6.45) is 8.66. The van der Waals surface area contributed by atoms with Gasteiger partial charge in [-0.3, -0.25) is 0 Å². The predicted octanol–water partition coefficient (Wildman–Crippen LogP) is 2.83. The highest BCUT2D eigenvalue weighted by Gasteiger charge is 2.18. The van der Waals surface area contributed by atoms with Crippen molar-refractivity contribution in [1.29, 1.82) is 0 Å². The quantitative estimate of drug-likeness (QED) is 0.475. The number of anilines is 1. The monoisotopic (exact) mass is 344 g/mol. The lowest BCUT2D eigenvalue weighted by Gasteiger charge is -2.16. The van der Waals surface area contributed by atoms with Crippen molar-refractivity contribution in [2.75, 3.05) is 19.5 Å². The van der Waals surface area contributed by atoms with Crippen LogP contribution in [0.1, 0.15) is 5.56 Å². The fourth-order valence-corrected chi connectivity index (χ4v) is 2.94. The molecule has 0 saturated heterocycles. The molecule has 24 heavy (non-hydrogen) atoms. The van der Waals surface area contributed by atoms with Crippen molar-refractivity contribution in [3.8, 4) is 29.5 Å². The Bertz CT molecular complexity index is 744. The van der Waals surface area contributed by atoms with Crippen molar-refractivity contribution in [2.45, 2.75) is 32.4 Å². The Labute approximate surface area is 144 Å². The average molecular weight is 344 g/mol. The van der Waals surface area contributed by atoms with Crippen molar-refractivity contribution in [2.24, 2.45) is 0 Å². The molecule has 2 aromatic rings. The molecule has 2 rings (SSSR count). The number of hydrogen-bond acceptors (Lipinski definition) is 5. The van der Waals surface area contributed by atoms with Gasteiger partial charge in [0.1, 0.15) is 6.73 Å². The van der Waals surface area contributed by atoms with Gasteiger partial charge < -0.3 is 15.2 Å². The molecule has 0 fully saturated rings. The lowest BCUT2D eigenvalue weighted by Crippen LogP contribution is -2.22. The van der Waals surface area contributed by atoms with Gasteiger partial charge in [0.25, 0.3) is 0 Å². The van der Waals surface area contributed by atoms with Gasteiger partial charge in [0.2, 0.25) is 5.88 Å². The first kappa shape index (κ1) is 18.0. The first-order valence-electron chi connectivity index (χ1n) is 7.76. The van der Waals surface area contributed by atoms with E-state index in [9.17, 15) is 0 Å². The Kier molecular flexibility index (Phi) is 5.65. The highest BCUT2D eigenvalue weighted by atomic mass is 28.3. The largest absolute Gasteiger partial charge is 0.481 e. The van der Waals surface area contributed by atoms with Crippen LogP contribution in [0, 0.1) is 12.3 Å². The van der Waals surface area contributed by atoms with Crippen LogP contribution in [0.4, 0.5) is 5.69 Å². The van der Waals surface area contributed by atoms with Gasteiger partial charge in [0, 0.05) is 26.4 Å². The van der Waals surface area contributed by atoms with Crippen LogP contribution < -0.4 is 10.5 Å². The molecule has 0 bridgehead atoms. The summed E-state index contributed by atoms with van der Waals surface area (Å²) < 4.78 is 12.8. The number of ether oxygens (including phenoxy) is 2. The van der Waals surface area contributed by atoms with Crippen molar-refractivity contribution in [3.05, 3.63) is 24.0 Å². The fraction of sp³-hybridized carbons (Fsp3) is 0.412. The minimum Gasteiger partial charge on any atom is -0.481 e. The van der Waals surface area contributed by atoms with Gasteiger partial charge in [-0.05, 0) is 12.1 Å². The molecule has 0 aromatic carbocycles. The molecule has 0 saturated carbocycles. The van der Waals surface area contributed by atoms with E-state index < -0.39 is 8.07 Å². The van der Waals surface area contributed by atoms with E-state index in [1.165, 1.54) is 0 Å². The Balaban J connectivity index is 2.26. The third-order valence-electron chi connectivity index (χ3n) is 3.54. The summed E-state index contributed by atoms with van der Waals surface area (Å²) in [5, 5.41) is 4.30. The van der Waals surface area contributed by atoms with E-state index in [-0.39, 0.29) is 0 Å². The van der Waals surface area contributed by atoms with Gasteiger partial charge in [-0.2, -0.15) is 5.10 Å². The van der Waals surface area contributed by atoms with Crippen LogP contribution in [0.2, 0.25) is 25.7 Å². The van der Waals surface area contributed by atoms with E-state index in [4.69, 9.17) is 21.6 Å². The first-order valence-corrected chi connectivity index (χ1v) is 11.5. The summed E-state index contributed by atoms with van der Waals surface area (Å²) in [6.45, 7) is 7.97. The van der Waals surface area contributed by atoms with E-state index in [0.29, 0.717) is 41.7 Å². The molecule has 7 heteroatoms. The maximum absolute atomic E-state index is 6.09. The van der Waals surface area contributed by atoms with Crippen LogP contribution in [0.3, 0.4) is 0 Å². The minimum atomic E-state index is -1.13. The second kappa shape index (κ2) is 7.51. The number of rotatable bonds is 7. The molecule has 2 heterocycles. The molecular weight excluding hydrogens is 320 g/mol. The first-order chi connectivity index (χ1) is 11.4. The molecule has 0 spiro atoms. The molecule has 0 aliphatic rings. The van der Waals surface area contributed by atoms with Gasteiger partial charge in [-0.15, -0.1) is 6.42 Å². The zero-order valence-electron chi connectivity index (χ0n) is 14.7. The number of pyridine rings is 1. The molecule has 128 valence electrons. The molecule has 0 radical (unpaired) electrons. The number of methoxy groups -OCH3 is 1. The van der Waals surface area contributed by atoms with E-state index in [1.807, 2.05) is 6.07 Å². The average Bonchev–Trinajstić information content (AvgIpc) is 2.90. The van der Waals surface area contributed by atoms with E-state index >= 15 is 0 Å². The van der Waals surface area contributed by atoms with Crippen molar-refractivity contribution < 1.29 is 9.47 Å². The zero-order chi connectivity index (χ0) is 17.7. The van der Waals surface area contributed by atoms with E-state index in [0.717, 1.165) is 6.04 Å². The van der Waals surface area contributed by atoms with Crippen molar-refractivity contribution in [3.63, 3.8) is 0 Å². The minimum absolute atomic E-state index is 0.320. The summed E-state index contributed by atoms with van der Waals surface area (Å²) in [6, 6.07) is 2.91. The maximum atomic E-state index is 6.09. The smallest absolute Gasteiger partial charge is 0.222 e. The third-order valence-corrected chi connectivity index (χ3v) is 5.25. The van der Waals surface area contributed by atoms with Gasteiger partial charge in [0.05, 0.1) is 30.3 Å². The number of aromatic nitrogens is 3. The highest BCUT2D eigenvalue weighted by Crippen LogP contribution is 2.32. The summed E-state index contributed by atoms with van der Waals surface area (Å²) >= 11 is 0. The Morgan fingerprint density at radius 3 is 2.71 bits per heavy atom. The summed E-state index contributed by atoms with van der Waals surface area (Å²) in [4.78, 5) is 4.24. The molecule has 0 aliphatic carbocycles. The topological polar surface area (TPSA) is 75.2 Å². The van der Waals surface area contributed by atoms with Crippen LogP contribution in [0.5, 0.6) is 5.88 Å². The van der Waals surface area contributed by atoms with Gasteiger partial charge >= 0.3 is 0 Å². The van der Waals surface area contributed by atoms with Gasteiger partial charge in [-0.25, -0.2) is 9.67 Å². The van der Waals surface area contributed by atoms with Crippen molar-refractivity contribution in [1.82, 2.24) is 14.8 Å². The number of hydrogen-bond donors (Lipinski definition) is 1. The number of terminal acetylenes is 1. The second-order valence-electron chi connectivity index (χ2n) is 6.72. The zero-order valence-corrected chi connectivity index (χ0v) is 15.7. The standard InChI is InChI=1S/C17H24N4O2Si/c1-6-13-9-14(17(22-2)19-10-13)16-15(18)11-20-21(16)12-23-7-8-24(3,4)5/h1,9-11H,7-8,12,18H2,2-5H3.